The van der Waals surface area contributed by atoms with Gasteiger partial charge in [-0.15, -0.1) is 0 Å². The van der Waals surface area contributed by atoms with Gasteiger partial charge in [-0.05, 0) is 31.2 Å². The van der Waals surface area contributed by atoms with Gasteiger partial charge in [0.2, 0.25) is 0 Å². The molecule has 1 aromatic carbocycles. The van der Waals surface area contributed by atoms with Crippen LogP contribution in [0, 0.1) is 16.5 Å². The van der Waals surface area contributed by atoms with E-state index < -0.39 is 18.0 Å². The maximum absolute atomic E-state index is 12.0. The quantitative estimate of drug-likeness (QED) is 0.521. The van der Waals surface area contributed by atoms with Crippen LogP contribution in [0.1, 0.15) is 22.8 Å². The molecule has 0 aliphatic rings. The zero-order chi connectivity index (χ0) is 16.8. The van der Waals surface area contributed by atoms with Crippen LogP contribution in [0.25, 0.3) is 0 Å². The lowest BCUT2D eigenvalue weighted by Crippen LogP contribution is -2.30. The average molecular weight is 311 g/mol. The maximum atomic E-state index is 12.0. The van der Waals surface area contributed by atoms with Gasteiger partial charge >= 0.3 is 5.97 Å². The van der Waals surface area contributed by atoms with Gasteiger partial charge in [0.15, 0.2) is 18.5 Å². The molecule has 7 heteroatoms. The minimum Gasteiger partial charge on any atom is -0.619 e. The van der Waals surface area contributed by atoms with Crippen molar-refractivity contribution in [3.8, 4) is 6.07 Å². The SMILES string of the molecule is C[C@@H](OC(=O)c1cc[n+]([O-])cc1)C(=O)Nc1ccc(C#N)cc1. The number of nitriles is 1. The van der Waals surface area contributed by atoms with E-state index in [1.807, 2.05) is 6.07 Å². The summed E-state index contributed by atoms with van der Waals surface area (Å²) < 4.78 is 5.58. The average Bonchev–Trinajstić information content (AvgIpc) is 2.56. The first-order valence-electron chi connectivity index (χ1n) is 6.70. The van der Waals surface area contributed by atoms with E-state index in [4.69, 9.17) is 10.00 Å². The third-order valence-corrected chi connectivity index (χ3v) is 2.97. The number of hydrogen-bond acceptors (Lipinski definition) is 5. The Labute approximate surface area is 132 Å². The predicted octanol–water partition coefficient (Wildman–Crippen LogP) is 1.38. The normalized spacial score (nSPS) is 11.1. The van der Waals surface area contributed by atoms with Crippen molar-refractivity contribution in [2.75, 3.05) is 5.32 Å². The Hall–Kier alpha value is -3.40. The molecule has 23 heavy (non-hydrogen) atoms. The van der Waals surface area contributed by atoms with Gasteiger partial charge in [-0.2, -0.15) is 9.99 Å². The van der Waals surface area contributed by atoms with Crippen LogP contribution in [0.5, 0.6) is 0 Å². The second-order valence-electron chi connectivity index (χ2n) is 4.67. The molecular weight excluding hydrogens is 298 g/mol. The number of carbonyl (C=O) groups is 2. The third-order valence-electron chi connectivity index (χ3n) is 2.97. The molecule has 1 amide bonds. The van der Waals surface area contributed by atoms with Gasteiger partial charge in [0.25, 0.3) is 5.91 Å². The summed E-state index contributed by atoms with van der Waals surface area (Å²) in [4.78, 5) is 23.8. The zero-order valence-electron chi connectivity index (χ0n) is 12.2. The van der Waals surface area contributed by atoms with Crippen LogP contribution in [-0.2, 0) is 9.53 Å². The molecule has 1 atom stereocenters. The van der Waals surface area contributed by atoms with Crippen molar-refractivity contribution < 1.29 is 19.1 Å². The number of ether oxygens (including phenoxy) is 1. The highest BCUT2D eigenvalue weighted by atomic mass is 16.5. The van der Waals surface area contributed by atoms with Crippen molar-refractivity contribution in [2.45, 2.75) is 13.0 Å². The van der Waals surface area contributed by atoms with Crippen molar-refractivity contribution in [2.24, 2.45) is 0 Å². The van der Waals surface area contributed by atoms with Crippen LogP contribution in [-0.4, -0.2) is 18.0 Å². The standard InChI is InChI=1S/C16H13N3O4/c1-11(23-16(21)13-6-8-19(22)9-7-13)15(20)18-14-4-2-12(10-17)3-5-14/h2-9,11H,1H3,(H,18,20)/t11-/m1/s1. The number of anilines is 1. The lowest BCUT2D eigenvalue weighted by Gasteiger charge is -2.13. The molecule has 2 rings (SSSR count). The lowest BCUT2D eigenvalue weighted by atomic mass is 10.2. The first kappa shape index (κ1) is 16.0. The van der Waals surface area contributed by atoms with Crippen LogP contribution in [0.2, 0.25) is 0 Å². The molecule has 1 heterocycles. The van der Waals surface area contributed by atoms with Crippen LogP contribution in [0.4, 0.5) is 5.69 Å². The number of rotatable bonds is 4. The number of amides is 1. The van der Waals surface area contributed by atoms with Crippen molar-refractivity contribution in [3.05, 3.63) is 65.1 Å². The Morgan fingerprint density at radius 2 is 1.83 bits per heavy atom. The Bertz CT molecular complexity index is 748. The van der Waals surface area contributed by atoms with Gasteiger partial charge in [0.05, 0.1) is 17.2 Å². The van der Waals surface area contributed by atoms with E-state index in [1.54, 1.807) is 24.3 Å². The second-order valence-corrected chi connectivity index (χ2v) is 4.67. The van der Waals surface area contributed by atoms with Crippen molar-refractivity contribution in [3.63, 3.8) is 0 Å². The summed E-state index contributed by atoms with van der Waals surface area (Å²) in [6, 6.07) is 10.9. The molecule has 0 aliphatic heterocycles. The van der Waals surface area contributed by atoms with E-state index in [0.717, 1.165) is 12.4 Å². The molecule has 0 aliphatic carbocycles. The van der Waals surface area contributed by atoms with Crippen molar-refractivity contribution in [1.82, 2.24) is 0 Å². The van der Waals surface area contributed by atoms with Gasteiger partial charge in [0.1, 0.15) is 0 Å². The van der Waals surface area contributed by atoms with Crippen LogP contribution in [0.15, 0.2) is 48.8 Å². The molecular formula is C16H13N3O4. The van der Waals surface area contributed by atoms with Crippen LogP contribution >= 0.6 is 0 Å². The Morgan fingerprint density at radius 1 is 1.22 bits per heavy atom. The number of nitrogens with one attached hydrogen (secondary N) is 1. The summed E-state index contributed by atoms with van der Waals surface area (Å²) >= 11 is 0. The third kappa shape index (κ3) is 4.28. The monoisotopic (exact) mass is 311 g/mol. The predicted molar refractivity (Wildman–Crippen MR) is 80.1 cm³/mol. The Balaban J connectivity index is 1.95. The number of pyridine rings is 1. The fourth-order valence-corrected chi connectivity index (χ4v) is 1.70. The number of hydrogen-bond donors (Lipinski definition) is 1. The zero-order valence-corrected chi connectivity index (χ0v) is 12.2. The number of aromatic nitrogens is 1. The van der Waals surface area contributed by atoms with Crippen molar-refractivity contribution in [1.29, 1.82) is 5.26 Å². The number of carbonyl (C=O) groups excluding carboxylic acids is 2. The molecule has 0 bridgehead atoms. The van der Waals surface area contributed by atoms with E-state index in [1.165, 1.54) is 19.1 Å². The van der Waals surface area contributed by atoms with Gasteiger partial charge in [-0.1, -0.05) is 0 Å². The molecule has 0 unspecified atom stereocenters. The van der Waals surface area contributed by atoms with E-state index in [0.29, 0.717) is 16.0 Å². The Morgan fingerprint density at radius 3 is 2.39 bits per heavy atom. The van der Waals surface area contributed by atoms with Gasteiger partial charge < -0.3 is 15.3 Å². The van der Waals surface area contributed by atoms with E-state index >= 15 is 0 Å². The topological polar surface area (TPSA) is 106 Å². The second kappa shape index (κ2) is 7.04. The Kier molecular flexibility index (Phi) is 4.89. The van der Waals surface area contributed by atoms with Gasteiger partial charge in [0, 0.05) is 17.8 Å². The molecule has 0 fully saturated rings. The van der Waals surface area contributed by atoms with E-state index in [-0.39, 0.29) is 5.56 Å². The molecule has 1 N–H and O–H groups in total. The summed E-state index contributed by atoms with van der Waals surface area (Å²) in [5.41, 5.74) is 1.14. The fourth-order valence-electron chi connectivity index (χ4n) is 1.70. The highest BCUT2D eigenvalue weighted by Crippen LogP contribution is 2.10. The van der Waals surface area contributed by atoms with Crippen LogP contribution in [0.3, 0.4) is 0 Å². The first-order chi connectivity index (χ1) is 11.0. The van der Waals surface area contributed by atoms with E-state index in [9.17, 15) is 14.8 Å². The largest absolute Gasteiger partial charge is 0.619 e. The molecule has 0 saturated heterocycles. The minimum atomic E-state index is -1.02. The molecule has 2 aromatic rings. The molecule has 7 nitrogen and oxygen atoms in total. The van der Waals surface area contributed by atoms with Crippen LogP contribution < -0.4 is 10.0 Å². The fraction of sp³-hybridized carbons (Fsp3) is 0.125. The summed E-state index contributed by atoms with van der Waals surface area (Å²) in [5.74, 6) is -1.20. The number of benzene rings is 1. The first-order valence-corrected chi connectivity index (χ1v) is 6.70. The highest BCUT2D eigenvalue weighted by molar-refractivity contribution is 5.97. The molecule has 0 spiro atoms. The molecule has 116 valence electrons. The number of nitrogens with zero attached hydrogens (tertiary/aromatic N) is 2. The molecule has 0 saturated carbocycles. The molecule has 1 aromatic heterocycles. The summed E-state index contributed by atoms with van der Waals surface area (Å²) in [6.07, 6.45) is 1.31. The highest BCUT2D eigenvalue weighted by Gasteiger charge is 2.19. The smallest absolute Gasteiger partial charge is 0.339 e. The number of esters is 1. The van der Waals surface area contributed by atoms with E-state index in [2.05, 4.69) is 5.32 Å². The summed E-state index contributed by atoms with van der Waals surface area (Å²) in [7, 11) is 0. The summed E-state index contributed by atoms with van der Waals surface area (Å²) in [5, 5.41) is 22.2. The lowest BCUT2D eigenvalue weighted by molar-refractivity contribution is -0.605. The summed E-state index contributed by atoms with van der Waals surface area (Å²) in [6.45, 7) is 1.44. The minimum absolute atomic E-state index is 0.176. The van der Waals surface area contributed by atoms with Gasteiger partial charge in [-0.3, -0.25) is 4.79 Å². The van der Waals surface area contributed by atoms with Gasteiger partial charge in [-0.25, -0.2) is 4.79 Å². The maximum Gasteiger partial charge on any atom is 0.339 e. The van der Waals surface area contributed by atoms with Crippen molar-refractivity contribution >= 4 is 17.6 Å². The molecule has 0 radical (unpaired) electrons.